The van der Waals surface area contributed by atoms with Crippen LogP contribution in [-0.4, -0.2) is 56.9 Å². The number of hydrogen-bond acceptors (Lipinski definition) is 9. The van der Waals surface area contributed by atoms with Crippen molar-refractivity contribution in [1.82, 2.24) is 15.4 Å². The van der Waals surface area contributed by atoms with Crippen LogP contribution in [0.4, 0.5) is 17.3 Å². The second kappa shape index (κ2) is 8.39. The summed E-state index contributed by atoms with van der Waals surface area (Å²) in [6.07, 6.45) is 0. The summed E-state index contributed by atoms with van der Waals surface area (Å²) in [5.41, 5.74) is 0.640. The molecule has 0 spiro atoms. The van der Waals surface area contributed by atoms with Gasteiger partial charge >= 0.3 is 0 Å². The molecule has 1 heterocycles. The lowest BCUT2D eigenvalue weighted by atomic mass is 10.4. The number of anilines is 3. The molecule has 0 aliphatic heterocycles. The molecule has 0 unspecified atom stereocenters. The fraction of sp³-hybridized carbons (Fsp3) is 0.667. The molecule has 0 amide bonds. The molecule has 102 valence electrons. The maximum atomic E-state index is 4.96. The Bertz CT molecular complexity index is 325. The lowest BCUT2D eigenvalue weighted by Crippen LogP contribution is -2.16. The van der Waals surface area contributed by atoms with Gasteiger partial charge in [0.05, 0.1) is 0 Å². The molecule has 3 N–H and O–H groups in total. The molecule has 0 radical (unpaired) electrons. The first-order chi connectivity index (χ1) is 8.83. The van der Waals surface area contributed by atoms with Crippen molar-refractivity contribution in [2.24, 2.45) is 0 Å². The van der Waals surface area contributed by atoms with Gasteiger partial charge in [-0.2, -0.15) is 0 Å². The van der Waals surface area contributed by atoms with Gasteiger partial charge in [0.25, 0.3) is 0 Å². The molecule has 0 saturated heterocycles. The number of hydrogen-bond donors (Lipinski definition) is 3. The normalized spacial score (nSPS) is 10.2. The van der Waals surface area contributed by atoms with E-state index in [2.05, 4.69) is 31.4 Å². The molecule has 1 aromatic rings. The summed E-state index contributed by atoms with van der Waals surface area (Å²) in [6.45, 7) is 0.935. The fourth-order valence-electron chi connectivity index (χ4n) is 1.16. The van der Waals surface area contributed by atoms with Gasteiger partial charge in [0.1, 0.15) is 25.9 Å². The van der Waals surface area contributed by atoms with E-state index in [1.165, 1.54) is 0 Å². The van der Waals surface area contributed by atoms with Crippen molar-refractivity contribution in [3.8, 4) is 0 Å². The largest absolute Gasteiger partial charge is 0.365 e. The third kappa shape index (κ3) is 4.28. The zero-order valence-corrected chi connectivity index (χ0v) is 10.7. The number of nitrogens with one attached hydrogen (secondary N) is 3. The Morgan fingerprint density at radius 3 is 1.67 bits per heavy atom. The number of nitrogens with zero attached hydrogens (tertiary/aromatic N) is 3. The van der Waals surface area contributed by atoms with E-state index >= 15 is 0 Å². The SMILES string of the molecule is COCNc1nnnc(NCOC)c1NCOC. The van der Waals surface area contributed by atoms with Gasteiger partial charge in [-0.1, -0.05) is 0 Å². The van der Waals surface area contributed by atoms with Crippen LogP contribution in [0.2, 0.25) is 0 Å². The average molecular weight is 258 g/mol. The highest BCUT2D eigenvalue weighted by molar-refractivity contribution is 5.75. The van der Waals surface area contributed by atoms with Crippen LogP contribution in [0.3, 0.4) is 0 Å². The van der Waals surface area contributed by atoms with Crippen molar-refractivity contribution in [2.45, 2.75) is 0 Å². The molecule has 0 aliphatic rings. The van der Waals surface area contributed by atoms with Gasteiger partial charge in [-0.25, -0.2) is 0 Å². The molecule has 1 rings (SSSR count). The first kappa shape index (κ1) is 14.4. The minimum Gasteiger partial charge on any atom is -0.365 e. The summed E-state index contributed by atoms with van der Waals surface area (Å²) >= 11 is 0. The number of ether oxygens (including phenoxy) is 3. The van der Waals surface area contributed by atoms with Crippen LogP contribution in [0, 0.1) is 0 Å². The van der Waals surface area contributed by atoms with Gasteiger partial charge in [-0.05, 0) is 5.21 Å². The lowest BCUT2D eigenvalue weighted by Gasteiger charge is -2.14. The van der Waals surface area contributed by atoms with Gasteiger partial charge in [0, 0.05) is 21.3 Å². The van der Waals surface area contributed by atoms with E-state index in [1.54, 1.807) is 21.3 Å². The van der Waals surface area contributed by atoms with Crippen LogP contribution < -0.4 is 16.0 Å². The molecule has 0 aliphatic carbocycles. The Labute approximate surface area is 105 Å². The molecule has 1 aromatic heterocycles. The first-order valence-electron chi connectivity index (χ1n) is 5.25. The minimum absolute atomic E-state index is 0.310. The topological polar surface area (TPSA) is 102 Å². The zero-order valence-electron chi connectivity index (χ0n) is 10.7. The smallest absolute Gasteiger partial charge is 0.179 e. The van der Waals surface area contributed by atoms with E-state index in [-0.39, 0.29) is 0 Å². The zero-order chi connectivity index (χ0) is 13.2. The minimum atomic E-state index is 0.310. The highest BCUT2D eigenvalue weighted by Crippen LogP contribution is 2.25. The van der Waals surface area contributed by atoms with Gasteiger partial charge < -0.3 is 30.2 Å². The molecule has 0 atom stereocenters. The predicted octanol–water partition coefficient (Wildman–Crippen LogP) is -0.0810. The average Bonchev–Trinajstić information content (AvgIpc) is 2.41. The molecule has 9 nitrogen and oxygen atoms in total. The second-order valence-electron chi connectivity index (χ2n) is 3.19. The summed E-state index contributed by atoms with van der Waals surface area (Å²) in [6, 6.07) is 0. The molecule has 0 saturated carbocycles. The van der Waals surface area contributed by atoms with Crippen LogP contribution in [0.1, 0.15) is 0 Å². The van der Waals surface area contributed by atoms with E-state index in [4.69, 9.17) is 14.2 Å². The summed E-state index contributed by atoms with van der Waals surface area (Å²) < 4.78 is 14.8. The Morgan fingerprint density at radius 1 is 0.778 bits per heavy atom. The Hall–Kier alpha value is -1.71. The standard InChI is InChI=1S/C9H18N6O3/c1-16-4-10-7-8(11-5-17-2)13-15-14-9(7)12-6-18-3/h4-6H2,1-3H3,(H,10,15)(H2,11,12,13,14). The predicted molar refractivity (Wildman–Crippen MR) is 66.3 cm³/mol. The molecular weight excluding hydrogens is 240 g/mol. The Kier molecular flexibility index (Phi) is 6.69. The van der Waals surface area contributed by atoms with Crippen LogP contribution >= 0.6 is 0 Å². The van der Waals surface area contributed by atoms with E-state index in [0.29, 0.717) is 37.5 Å². The molecular formula is C9H18N6O3. The lowest BCUT2D eigenvalue weighted by molar-refractivity contribution is 0.218. The summed E-state index contributed by atoms with van der Waals surface area (Å²) in [7, 11) is 4.74. The summed E-state index contributed by atoms with van der Waals surface area (Å²) in [5.74, 6) is 1.03. The molecule has 0 aromatic carbocycles. The Balaban J connectivity index is 2.85. The number of rotatable bonds is 9. The van der Waals surface area contributed by atoms with Gasteiger partial charge in [-0.15, -0.1) is 10.2 Å². The first-order valence-corrected chi connectivity index (χ1v) is 5.25. The van der Waals surface area contributed by atoms with Crippen LogP contribution in [0.15, 0.2) is 0 Å². The van der Waals surface area contributed by atoms with Crippen LogP contribution in [-0.2, 0) is 14.2 Å². The number of aromatic nitrogens is 3. The quantitative estimate of drug-likeness (QED) is 0.525. The van der Waals surface area contributed by atoms with Crippen molar-refractivity contribution in [3.63, 3.8) is 0 Å². The maximum absolute atomic E-state index is 4.96. The summed E-state index contributed by atoms with van der Waals surface area (Å²) in [4.78, 5) is 0. The third-order valence-electron chi connectivity index (χ3n) is 1.92. The molecule has 0 fully saturated rings. The van der Waals surface area contributed by atoms with E-state index < -0.39 is 0 Å². The monoisotopic (exact) mass is 258 g/mol. The van der Waals surface area contributed by atoms with Crippen molar-refractivity contribution in [3.05, 3.63) is 0 Å². The van der Waals surface area contributed by atoms with E-state index in [0.717, 1.165) is 0 Å². The van der Waals surface area contributed by atoms with Crippen molar-refractivity contribution in [1.29, 1.82) is 0 Å². The second-order valence-corrected chi connectivity index (χ2v) is 3.19. The van der Waals surface area contributed by atoms with Crippen molar-refractivity contribution in [2.75, 3.05) is 57.5 Å². The number of methoxy groups -OCH3 is 3. The molecule has 9 heteroatoms. The van der Waals surface area contributed by atoms with E-state index in [1.807, 2.05) is 0 Å². The van der Waals surface area contributed by atoms with Crippen LogP contribution in [0.5, 0.6) is 0 Å². The van der Waals surface area contributed by atoms with Crippen LogP contribution in [0.25, 0.3) is 0 Å². The van der Waals surface area contributed by atoms with Gasteiger partial charge in [0.15, 0.2) is 11.6 Å². The summed E-state index contributed by atoms with van der Waals surface area (Å²) in [5, 5.41) is 20.3. The third-order valence-corrected chi connectivity index (χ3v) is 1.92. The van der Waals surface area contributed by atoms with E-state index in [9.17, 15) is 0 Å². The Morgan fingerprint density at radius 2 is 1.22 bits per heavy atom. The molecule has 18 heavy (non-hydrogen) atoms. The highest BCUT2D eigenvalue weighted by Gasteiger charge is 2.11. The van der Waals surface area contributed by atoms with Gasteiger partial charge in [0.2, 0.25) is 0 Å². The fourth-order valence-corrected chi connectivity index (χ4v) is 1.16. The van der Waals surface area contributed by atoms with Crippen molar-refractivity contribution < 1.29 is 14.2 Å². The van der Waals surface area contributed by atoms with Crippen molar-refractivity contribution >= 4 is 17.3 Å². The maximum Gasteiger partial charge on any atom is 0.179 e. The molecule has 0 bridgehead atoms. The van der Waals surface area contributed by atoms with Gasteiger partial charge in [-0.3, -0.25) is 0 Å². The highest BCUT2D eigenvalue weighted by atomic mass is 16.5.